The molecule has 32 heavy (non-hydrogen) atoms. The fourth-order valence-corrected chi connectivity index (χ4v) is 2.70. The van der Waals surface area contributed by atoms with E-state index in [1.807, 2.05) is 6.07 Å². The Morgan fingerprint density at radius 1 is 0.656 bits per heavy atom. The van der Waals surface area contributed by atoms with E-state index >= 15 is 0 Å². The number of benzene rings is 3. The average molecular weight is 433 g/mol. The van der Waals surface area contributed by atoms with Crippen LogP contribution in [-0.2, 0) is 4.74 Å². The number of hydrogen-bond acceptors (Lipinski definition) is 5. The van der Waals surface area contributed by atoms with E-state index in [4.69, 9.17) is 9.47 Å². The summed E-state index contributed by atoms with van der Waals surface area (Å²) in [5, 5.41) is 2.76. The largest absolute Gasteiger partial charge is 0.491 e. The lowest BCUT2D eigenvalue weighted by Gasteiger charge is -2.10. The number of hydrazine groups is 1. The second kappa shape index (κ2) is 11.3. The van der Waals surface area contributed by atoms with Crippen LogP contribution in [0.15, 0.2) is 78.9 Å². The van der Waals surface area contributed by atoms with Gasteiger partial charge in [0.1, 0.15) is 12.4 Å². The molecule has 0 saturated carbocycles. The first-order chi connectivity index (χ1) is 15.6. The van der Waals surface area contributed by atoms with Gasteiger partial charge in [0.2, 0.25) is 0 Å². The Labute approximate surface area is 185 Å². The molecule has 0 radical (unpaired) electrons. The van der Waals surface area contributed by atoms with Crippen LogP contribution in [0.2, 0.25) is 0 Å². The van der Waals surface area contributed by atoms with Crippen molar-refractivity contribution in [3.63, 3.8) is 0 Å². The van der Waals surface area contributed by atoms with Gasteiger partial charge in [-0.25, -0.2) is 0 Å². The van der Waals surface area contributed by atoms with E-state index in [9.17, 15) is 14.4 Å². The average Bonchev–Trinajstić information content (AvgIpc) is 2.84. The van der Waals surface area contributed by atoms with Gasteiger partial charge in [0.25, 0.3) is 17.7 Å². The van der Waals surface area contributed by atoms with Gasteiger partial charge in [-0.05, 0) is 60.7 Å². The van der Waals surface area contributed by atoms with Crippen molar-refractivity contribution in [1.29, 1.82) is 0 Å². The summed E-state index contributed by atoms with van der Waals surface area (Å²) < 4.78 is 10.4. The maximum Gasteiger partial charge on any atom is 0.269 e. The van der Waals surface area contributed by atoms with Crippen molar-refractivity contribution < 1.29 is 23.9 Å². The molecule has 0 aliphatic carbocycles. The molecule has 0 aromatic heterocycles. The molecule has 0 bridgehead atoms. The normalized spacial score (nSPS) is 10.2. The molecule has 3 rings (SSSR count). The second-order valence-electron chi connectivity index (χ2n) is 6.67. The van der Waals surface area contributed by atoms with E-state index in [0.29, 0.717) is 41.3 Å². The quantitative estimate of drug-likeness (QED) is 0.374. The smallest absolute Gasteiger partial charge is 0.269 e. The first-order valence-electron chi connectivity index (χ1n) is 9.86. The van der Waals surface area contributed by atoms with Crippen LogP contribution in [0.5, 0.6) is 5.75 Å². The molecular formula is C24H23N3O5. The monoisotopic (exact) mass is 433 g/mol. The highest BCUT2D eigenvalue weighted by Crippen LogP contribution is 2.13. The Kier molecular flexibility index (Phi) is 7.94. The number of carbonyl (C=O) groups excluding carboxylic acids is 3. The van der Waals surface area contributed by atoms with Crippen LogP contribution >= 0.6 is 0 Å². The van der Waals surface area contributed by atoms with Gasteiger partial charge in [-0.2, -0.15) is 0 Å². The van der Waals surface area contributed by atoms with Crippen LogP contribution < -0.4 is 20.9 Å². The van der Waals surface area contributed by atoms with Crippen LogP contribution in [0.25, 0.3) is 0 Å². The SMILES string of the molecule is COCCOc1ccc(C(=O)NNC(=O)c2ccc(NC(=O)c3ccccc3)cc2)cc1. The minimum atomic E-state index is -0.487. The molecule has 0 aliphatic heterocycles. The van der Waals surface area contributed by atoms with Crippen LogP contribution in [0.3, 0.4) is 0 Å². The molecule has 0 heterocycles. The summed E-state index contributed by atoms with van der Waals surface area (Å²) in [5.74, 6) is -0.584. The van der Waals surface area contributed by atoms with Crippen molar-refractivity contribution >= 4 is 23.4 Å². The van der Waals surface area contributed by atoms with E-state index in [0.717, 1.165) is 0 Å². The highest BCUT2D eigenvalue weighted by atomic mass is 16.5. The fraction of sp³-hybridized carbons (Fsp3) is 0.125. The summed E-state index contributed by atoms with van der Waals surface area (Å²) in [4.78, 5) is 36.7. The second-order valence-corrected chi connectivity index (χ2v) is 6.67. The van der Waals surface area contributed by atoms with Crippen LogP contribution in [0.1, 0.15) is 31.1 Å². The summed E-state index contributed by atoms with van der Waals surface area (Å²) in [6, 6.07) is 21.6. The van der Waals surface area contributed by atoms with Crippen molar-refractivity contribution in [2.45, 2.75) is 0 Å². The predicted octanol–water partition coefficient (Wildman–Crippen LogP) is 3.04. The Morgan fingerprint density at radius 2 is 1.19 bits per heavy atom. The summed E-state index contributed by atoms with van der Waals surface area (Å²) in [6.45, 7) is 0.876. The molecule has 3 amide bonds. The highest BCUT2D eigenvalue weighted by molar-refractivity contribution is 6.04. The number of carbonyl (C=O) groups is 3. The lowest BCUT2D eigenvalue weighted by molar-refractivity contribution is 0.0846. The van der Waals surface area contributed by atoms with Gasteiger partial charge >= 0.3 is 0 Å². The Bertz CT molecular complexity index is 1050. The molecule has 8 heteroatoms. The van der Waals surface area contributed by atoms with Gasteiger partial charge in [-0.15, -0.1) is 0 Å². The van der Waals surface area contributed by atoms with Crippen molar-refractivity contribution in [3.8, 4) is 5.75 Å². The fourth-order valence-electron chi connectivity index (χ4n) is 2.70. The standard InChI is InChI=1S/C24H23N3O5/c1-31-15-16-32-21-13-9-19(10-14-21)24(30)27-26-23(29)18-7-11-20(12-8-18)25-22(28)17-5-3-2-4-6-17/h2-14H,15-16H2,1H3,(H,25,28)(H,26,29)(H,27,30). The molecule has 0 spiro atoms. The van der Waals surface area contributed by atoms with Gasteiger partial charge in [0.05, 0.1) is 6.61 Å². The third-order valence-corrected chi connectivity index (χ3v) is 4.40. The number of nitrogens with one attached hydrogen (secondary N) is 3. The molecule has 8 nitrogen and oxygen atoms in total. The minimum absolute atomic E-state index is 0.245. The zero-order valence-electron chi connectivity index (χ0n) is 17.5. The van der Waals surface area contributed by atoms with Crippen molar-refractivity contribution in [2.24, 2.45) is 0 Å². The first kappa shape index (κ1) is 22.5. The van der Waals surface area contributed by atoms with E-state index in [-0.39, 0.29) is 5.91 Å². The summed E-state index contributed by atoms with van der Waals surface area (Å²) >= 11 is 0. The molecule has 0 atom stereocenters. The van der Waals surface area contributed by atoms with Crippen molar-refractivity contribution in [1.82, 2.24) is 10.9 Å². The van der Waals surface area contributed by atoms with E-state index in [2.05, 4.69) is 16.2 Å². The number of hydrogen-bond donors (Lipinski definition) is 3. The molecule has 0 aliphatic rings. The number of anilines is 1. The molecule has 0 saturated heterocycles. The first-order valence-corrected chi connectivity index (χ1v) is 9.86. The van der Waals surface area contributed by atoms with Crippen LogP contribution in [-0.4, -0.2) is 38.0 Å². The highest BCUT2D eigenvalue weighted by Gasteiger charge is 2.10. The van der Waals surface area contributed by atoms with Gasteiger partial charge in [-0.1, -0.05) is 18.2 Å². The number of rotatable bonds is 8. The maximum atomic E-state index is 12.3. The van der Waals surface area contributed by atoms with Crippen LogP contribution in [0.4, 0.5) is 5.69 Å². The third kappa shape index (κ3) is 6.41. The molecule has 3 N–H and O–H groups in total. The molecule has 0 unspecified atom stereocenters. The Morgan fingerprint density at radius 3 is 1.75 bits per heavy atom. The number of ether oxygens (including phenoxy) is 2. The van der Waals surface area contributed by atoms with Gasteiger partial charge in [0, 0.05) is 29.5 Å². The topological polar surface area (TPSA) is 106 Å². The predicted molar refractivity (Wildman–Crippen MR) is 120 cm³/mol. The van der Waals surface area contributed by atoms with Gasteiger partial charge < -0.3 is 14.8 Å². The number of methoxy groups -OCH3 is 1. The van der Waals surface area contributed by atoms with Crippen molar-refractivity contribution in [3.05, 3.63) is 95.6 Å². The van der Waals surface area contributed by atoms with Gasteiger partial charge in [-0.3, -0.25) is 25.2 Å². The third-order valence-electron chi connectivity index (χ3n) is 4.40. The maximum absolute atomic E-state index is 12.3. The van der Waals surface area contributed by atoms with E-state index in [1.165, 1.54) is 0 Å². The minimum Gasteiger partial charge on any atom is -0.491 e. The summed E-state index contributed by atoms with van der Waals surface area (Å²) in [5.41, 5.74) is 6.50. The Balaban J connectivity index is 1.49. The molecule has 164 valence electrons. The molecule has 3 aromatic carbocycles. The molecular weight excluding hydrogens is 410 g/mol. The van der Waals surface area contributed by atoms with Gasteiger partial charge in [0.15, 0.2) is 0 Å². The zero-order chi connectivity index (χ0) is 22.8. The lowest BCUT2D eigenvalue weighted by Crippen LogP contribution is -2.41. The molecule has 3 aromatic rings. The number of amides is 3. The lowest BCUT2D eigenvalue weighted by atomic mass is 10.1. The van der Waals surface area contributed by atoms with E-state index < -0.39 is 11.8 Å². The Hall–Kier alpha value is -4.17. The summed E-state index contributed by atoms with van der Waals surface area (Å²) in [7, 11) is 1.59. The molecule has 0 fully saturated rings. The van der Waals surface area contributed by atoms with E-state index in [1.54, 1.807) is 79.9 Å². The van der Waals surface area contributed by atoms with Crippen molar-refractivity contribution in [2.75, 3.05) is 25.6 Å². The summed E-state index contributed by atoms with van der Waals surface area (Å²) in [6.07, 6.45) is 0. The zero-order valence-corrected chi connectivity index (χ0v) is 17.5. The van der Waals surface area contributed by atoms with Crippen LogP contribution in [0, 0.1) is 0 Å².